The second kappa shape index (κ2) is 7.04. The normalized spacial score (nSPS) is 13.0. The van der Waals surface area contributed by atoms with E-state index in [4.69, 9.17) is 9.15 Å². The number of furan rings is 1. The van der Waals surface area contributed by atoms with Crippen LogP contribution in [0.2, 0.25) is 0 Å². The van der Waals surface area contributed by atoms with Gasteiger partial charge in [-0.25, -0.2) is 0 Å². The van der Waals surface area contributed by atoms with Gasteiger partial charge in [-0.05, 0) is 41.0 Å². The molecule has 0 aliphatic heterocycles. The van der Waals surface area contributed by atoms with Gasteiger partial charge in [0.25, 0.3) is 0 Å². The van der Waals surface area contributed by atoms with E-state index in [-0.39, 0.29) is 6.04 Å². The van der Waals surface area contributed by atoms with E-state index in [0.29, 0.717) is 6.61 Å². The maximum Gasteiger partial charge on any atom is 0.169 e. The van der Waals surface area contributed by atoms with Gasteiger partial charge in [-0.3, -0.25) is 0 Å². The van der Waals surface area contributed by atoms with E-state index in [0.717, 1.165) is 30.0 Å². The van der Waals surface area contributed by atoms with Crippen LogP contribution in [0.3, 0.4) is 0 Å². The summed E-state index contributed by atoms with van der Waals surface area (Å²) in [6.45, 7) is 6.53. The van der Waals surface area contributed by atoms with Crippen LogP contribution in [-0.4, -0.2) is 19.8 Å². The lowest BCUT2D eigenvalue weighted by Crippen LogP contribution is -2.25. The highest BCUT2D eigenvalue weighted by Gasteiger charge is 2.14. The quantitative estimate of drug-likeness (QED) is 0.777. The second-order valence-electron chi connectivity index (χ2n) is 3.33. The number of hydrogen-bond acceptors (Lipinski definition) is 3. The lowest BCUT2D eigenvalue weighted by molar-refractivity contribution is 0.106. The smallest absolute Gasteiger partial charge is 0.169 e. The van der Waals surface area contributed by atoms with Crippen molar-refractivity contribution in [1.82, 2.24) is 5.32 Å². The van der Waals surface area contributed by atoms with Gasteiger partial charge in [0.2, 0.25) is 0 Å². The molecular formula is C11H18BrNO2. The third-order valence-electron chi connectivity index (χ3n) is 2.02. The Bertz CT molecular complexity index is 275. The molecule has 1 aromatic heterocycles. The molecule has 0 saturated heterocycles. The zero-order chi connectivity index (χ0) is 11.1. The predicted molar refractivity (Wildman–Crippen MR) is 63.9 cm³/mol. The standard InChI is InChI=1S/C11H18BrNO2/c1-3-7-14-8-9(13-4-2)10-5-6-11(12)15-10/h5-6,9,13H,3-4,7-8H2,1-2H3. The van der Waals surface area contributed by atoms with Gasteiger partial charge < -0.3 is 14.5 Å². The summed E-state index contributed by atoms with van der Waals surface area (Å²) in [4.78, 5) is 0. The first-order valence-corrected chi connectivity index (χ1v) is 6.13. The van der Waals surface area contributed by atoms with Crippen molar-refractivity contribution < 1.29 is 9.15 Å². The van der Waals surface area contributed by atoms with Crippen LogP contribution in [0, 0.1) is 0 Å². The van der Waals surface area contributed by atoms with Gasteiger partial charge in [0.1, 0.15) is 5.76 Å². The average Bonchev–Trinajstić information content (AvgIpc) is 2.64. The molecule has 0 spiro atoms. The van der Waals surface area contributed by atoms with Crippen LogP contribution >= 0.6 is 15.9 Å². The molecule has 4 heteroatoms. The summed E-state index contributed by atoms with van der Waals surface area (Å²) in [6.07, 6.45) is 1.04. The Morgan fingerprint density at radius 1 is 1.47 bits per heavy atom. The zero-order valence-electron chi connectivity index (χ0n) is 9.25. The van der Waals surface area contributed by atoms with Crippen LogP contribution in [0.4, 0.5) is 0 Å². The Morgan fingerprint density at radius 3 is 2.80 bits per heavy atom. The summed E-state index contributed by atoms with van der Waals surface area (Å²) < 4.78 is 11.8. The summed E-state index contributed by atoms with van der Waals surface area (Å²) in [7, 11) is 0. The molecule has 1 atom stereocenters. The lowest BCUT2D eigenvalue weighted by Gasteiger charge is -2.15. The molecule has 3 nitrogen and oxygen atoms in total. The van der Waals surface area contributed by atoms with Crippen molar-refractivity contribution in [2.24, 2.45) is 0 Å². The largest absolute Gasteiger partial charge is 0.453 e. The molecule has 86 valence electrons. The van der Waals surface area contributed by atoms with Crippen molar-refractivity contribution >= 4 is 15.9 Å². The van der Waals surface area contributed by atoms with Gasteiger partial charge in [0.15, 0.2) is 4.67 Å². The molecule has 1 unspecified atom stereocenters. The minimum absolute atomic E-state index is 0.146. The molecule has 0 amide bonds. The van der Waals surface area contributed by atoms with Gasteiger partial charge in [-0.15, -0.1) is 0 Å². The van der Waals surface area contributed by atoms with Gasteiger partial charge in [0.05, 0.1) is 12.6 Å². The molecule has 0 aromatic carbocycles. The Morgan fingerprint density at radius 2 is 2.27 bits per heavy atom. The van der Waals surface area contributed by atoms with Crippen molar-refractivity contribution in [3.63, 3.8) is 0 Å². The highest BCUT2D eigenvalue weighted by molar-refractivity contribution is 9.10. The molecule has 0 aliphatic rings. The molecule has 0 bridgehead atoms. The Labute approximate surface area is 99.3 Å². The fourth-order valence-corrected chi connectivity index (χ4v) is 1.67. The number of ether oxygens (including phenoxy) is 1. The number of hydrogen-bond donors (Lipinski definition) is 1. The van der Waals surface area contributed by atoms with Gasteiger partial charge in [-0.1, -0.05) is 13.8 Å². The van der Waals surface area contributed by atoms with E-state index >= 15 is 0 Å². The molecule has 1 aromatic rings. The summed E-state index contributed by atoms with van der Waals surface area (Å²) >= 11 is 3.30. The topological polar surface area (TPSA) is 34.4 Å². The van der Waals surface area contributed by atoms with E-state index < -0.39 is 0 Å². The van der Waals surface area contributed by atoms with Crippen LogP contribution in [-0.2, 0) is 4.74 Å². The predicted octanol–water partition coefficient (Wildman–Crippen LogP) is 3.12. The first-order chi connectivity index (χ1) is 7.27. The number of halogens is 1. The molecule has 1 heterocycles. The summed E-state index contributed by atoms with van der Waals surface area (Å²) in [6, 6.07) is 4.01. The molecule has 1 N–H and O–H groups in total. The zero-order valence-corrected chi connectivity index (χ0v) is 10.8. The Balaban J connectivity index is 2.49. The van der Waals surface area contributed by atoms with E-state index in [2.05, 4.69) is 35.1 Å². The maximum atomic E-state index is 5.52. The number of nitrogens with one attached hydrogen (secondary N) is 1. The van der Waals surface area contributed by atoms with E-state index in [1.165, 1.54) is 0 Å². The van der Waals surface area contributed by atoms with Crippen LogP contribution < -0.4 is 5.32 Å². The van der Waals surface area contributed by atoms with Crippen LogP contribution in [0.15, 0.2) is 21.2 Å². The van der Waals surface area contributed by atoms with E-state index in [9.17, 15) is 0 Å². The first-order valence-electron chi connectivity index (χ1n) is 5.34. The van der Waals surface area contributed by atoms with Gasteiger partial charge in [0, 0.05) is 6.61 Å². The fraction of sp³-hybridized carbons (Fsp3) is 0.636. The highest BCUT2D eigenvalue weighted by atomic mass is 79.9. The Kier molecular flexibility index (Phi) is 5.98. The number of rotatable bonds is 7. The van der Waals surface area contributed by atoms with Gasteiger partial charge in [-0.2, -0.15) is 0 Å². The maximum absolute atomic E-state index is 5.52. The van der Waals surface area contributed by atoms with Crippen LogP contribution in [0.25, 0.3) is 0 Å². The molecule has 0 radical (unpaired) electrons. The minimum atomic E-state index is 0.146. The minimum Gasteiger partial charge on any atom is -0.453 e. The van der Waals surface area contributed by atoms with Crippen molar-refractivity contribution in [2.75, 3.05) is 19.8 Å². The van der Waals surface area contributed by atoms with Crippen LogP contribution in [0.1, 0.15) is 32.1 Å². The molecule has 1 rings (SSSR count). The fourth-order valence-electron chi connectivity index (χ4n) is 1.35. The third kappa shape index (κ3) is 4.36. The second-order valence-corrected chi connectivity index (χ2v) is 4.11. The van der Waals surface area contributed by atoms with E-state index in [1.54, 1.807) is 0 Å². The molecule has 0 fully saturated rings. The Hall–Kier alpha value is -0.320. The third-order valence-corrected chi connectivity index (χ3v) is 2.45. The first kappa shape index (κ1) is 12.7. The average molecular weight is 276 g/mol. The molecule has 0 aliphatic carbocycles. The number of likely N-dealkylation sites (N-methyl/N-ethyl adjacent to an activating group) is 1. The summed E-state index contributed by atoms with van der Waals surface area (Å²) in [5.74, 6) is 0.917. The van der Waals surface area contributed by atoms with Gasteiger partial charge >= 0.3 is 0 Å². The van der Waals surface area contributed by atoms with Crippen LogP contribution in [0.5, 0.6) is 0 Å². The summed E-state index contributed by atoms with van der Waals surface area (Å²) in [5, 5.41) is 3.33. The van der Waals surface area contributed by atoms with Crippen molar-refractivity contribution in [3.05, 3.63) is 22.6 Å². The monoisotopic (exact) mass is 275 g/mol. The SMILES string of the molecule is CCCOCC(NCC)c1ccc(Br)o1. The van der Waals surface area contributed by atoms with E-state index in [1.807, 2.05) is 12.1 Å². The lowest BCUT2D eigenvalue weighted by atomic mass is 10.2. The summed E-state index contributed by atoms with van der Waals surface area (Å²) in [5.41, 5.74) is 0. The van der Waals surface area contributed by atoms with Crippen molar-refractivity contribution in [3.8, 4) is 0 Å². The molecule has 15 heavy (non-hydrogen) atoms. The molecule has 0 saturated carbocycles. The van der Waals surface area contributed by atoms with Crippen molar-refractivity contribution in [1.29, 1.82) is 0 Å². The molecular weight excluding hydrogens is 258 g/mol. The highest BCUT2D eigenvalue weighted by Crippen LogP contribution is 2.20. The van der Waals surface area contributed by atoms with Crippen molar-refractivity contribution in [2.45, 2.75) is 26.3 Å².